The molecule has 1 aliphatic rings. The van der Waals surface area contributed by atoms with Crippen molar-refractivity contribution in [3.63, 3.8) is 0 Å². The number of hydrogen-bond acceptors (Lipinski definition) is 2. The first-order valence-corrected chi connectivity index (χ1v) is 10.7. The van der Waals surface area contributed by atoms with Crippen LogP contribution in [-0.2, 0) is 9.53 Å². The molecule has 0 amide bonds. The minimum atomic E-state index is -0.181. The smallest absolute Gasteiger partial charge is 0.333 e. The van der Waals surface area contributed by atoms with Gasteiger partial charge in [-0.15, -0.1) is 0 Å². The van der Waals surface area contributed by atoms with Gasteiger partial charge in [0.2, 0.25) is 0 Å². The van der Waals surface area contributed by atoms with Gasteiger partial charge in [-0.3, -0.25) is 0 Å². The quantitative estimate of drug-likeness (QED) is 0.367. The number of methoxy groups -OCH3 is 1. The molecule has 0 aromatic carbocycles. The third-order valence-corrected chi connectivity index (χ3v) is 5.53. The Morgan fingerprint density at radius 2 is 1.64 bits per heavy atom. The zero-order valence-electron chi connectivity index (χ0n) is 18.9. The van der Waals surface area contributed by atoms with Gasteiger partial charge in [-0.05, 0) is 91.9 Å². The number of carbonyl (C=O) groups excluding carboxylic acids is 1. The number of hydrogen-bond donors (Lipinski definition) is 0. The number of carbonyl (C=O) groups is 1. The topological polar surface area (TPSA) is 26.3 Å². The summed E-state index contributed by atoms with van der Waals surface area (Å²) in [6, 6.07) is 0. The molecule has 0 radical (unpaired) electrons. The van der Waals surface area contributed by atoms with E-state index in [1.807, 2.05) is 0 Å². The molecule has 0 bridgehead atoms. The van der Waals surface area contributed by atoms with Crippen LogP contribution in [0.25, 0.3) is 0 Å². The van der Waals surface area contributed by atoms with Crippen molar-refractivity contribution in [1.29, 1.82) is 0 Å². The Kier molecular flexibility index (Phi) is 11.6. The molecule has 0 saturated heterocycles. The summed E-state index contributed by atoms with van der Waals surface area (Å²) in [7, 11) is 1.48. The molecule has 0 unspecified atom stereocenters. The molecule has 0 saturated carbocycles. The second-order valence-corrected chi connectivity index (χ2v) is 8.34. The van der Waals surface area contributed by atoms with Gasteiger partial charge in [0.25, 0.3) is 0 Å². The minimum absolute atomic E-state index is 0.181. The average molecular weight is 385 g/mol. The lowest BCUT2D eigenvalue weighted by Gasteiger charge is -2.18. The van der Waals surface area contributed by atoms with Gasteiger partial charge in [0.1, 0.15) is 0 Å². The highest BCUT2D eigenvalue weighted by molar-refractivity contribution is 5.88. The van der Waals surface area contributed by atoms with Crippen LogP contribution in [0.2, 0.25) is 0 Å². The highest BCUT2D eigenvalue weighted by Crippen LogP contribution is 2.26. The molecule has 1 aliphatic carbocycles. The summed E-state index contributed by atoms with van der Waals surface area (Å²) >= 11 is 0. The SMILES string of the molecule is COC(=O)/C1=C/C[C@H](/C(C)=C/CC=C(C)C)CC/C(C)=C/CC/C(C)=C/CC1. The lowest BCUT2D eigenvalue weighted by atomic mass is 9.88. The van der Waals surface area contributed by atoms with Crippen LogP contribution in [0.1, 0.15) is 86.0 Å². The molecule has 2 heteroatoms. The molecule has 1 rings (SSSR count). The van der Waals surface area contributed by atoms with E-state index < -0.39 is 0 Å². The van der Waals surface area contributed by atoms with E-state index in [9.17, 15) is 4.79 Å². The number of rotatable bonds is 4. The first kappa shape index (κ1) is 24.2. The molecule has 28 heavy (non-hydrogen) atoms. The van der Waals surface area contributed by atoms with Crippen molar-refractivity contribution in [2.24, 2.45) is 5.92 Å². The van der Waals surface area contributed by atoms with Gasteiger partial charge < -0.3 is 4.74 Å². The van der Waals surface area contributed by atoms with Crippen LogP contribution >= 0.6 is 0 Å². The van der Waals surface area contributed by atoms with E-state index in [-0.39, 0.29) is 5.97 Å². The number of esters is 1. The molecule has 0 heterocycles. The Morgan fingerprint density at radius 3 is 2.29 bits per heavy atom. The van der Waals surface area contributed by atoms with Crippen LogP contribution in [0.3, 0.4) is 0 Å². The van der Waals surface area contributed by atoms with E-state index in [0.717, 1.165) is 56.9 Å². The fourth-order valence-electron chi connectivity index (χ4n) is 3.51. The van der Waals surface area contributed by atoms with E-state index in [0.29, 0.717) is 5.92 Å². The molecule has 0 spiro atoms. The first-order valence-electron chi connectivity index (χ1n) is 10.7. The van der Waals surface area contributed by atoms with E-state index in [1.165, 1.54) is 29.4 Å². The summed E-state index contributed by atoms with van der Waals surface area (Å²) in [5.74, 6) is 0.285. The van der Waals surface area contributed by atoms with Crippen LogP contribution in [-0.4, -0.2) is 13.1 Å². The summed E-state index contributed by atoms with van der Waals surface area (Å²) in [6.07, 6.45) is 19.4. The monoisotopic (exact) mass is 384 g/mol. The third kappa shape index (κ3) is 9.92. The van der Waals surface area contributed by atoms with Crippen LogP contribution in [0, 0.1) is 5.92 Å². The van der Waals surface area contributed by atoms with Crippen molar-refractivity contribution in [1.82, 2.24) is 0 Å². The lowest BCUT2D eigenvalue weighted by molar-refractivity contribution is -0.136. The second-order valence-electron chi connectivity index (χ2n) is 8.34. The van der Waals surface area contributed by atoms with E-state index in [2.05, 4.69) is 65.0 Å². The van der Waals surface area contributed by atoms with E-state index in [4.69, 9.17) is 4.74 Å². The molecular formula is C26H40O2. The predicted molar refractivity (Wildman–Crippen MR) is 121 cm³/mol. The molecular weight excluding hydrogens is 344 g/mol. The van der Waals surface area contributed by atoms with Gasteiger partial charge in [-0.2, -0.15) is 0 Å². The van der Waals surface area contributed by atoms with Crippen molar-refractivity contribution in [3.05, 3.63) is 58.2 Å². The van der Waals surface area contributed by atoms with Crippen LogP contribution in [0.5, 0.6) is 0 Å². The summed E-state index contributed by atoms with van der Waals surface area (Å²) in [5, 5.41) is 0. The van der Waals surface area contributed by atoms with Crippen molar-refractivity contribution in [2.45, 2.75) is 86.0 Å². The molecule has 0 N–H and O–H groups in total. The normalized spacial score (nSPS) is 25.9. The molecule has 2 nitrogen and oxygen atoms in total. The van der Waals surface area contributed by atoms with Gasteiger partial charge in [-0.25, -0.2) is 4.79 Å². The van der Waals surface area contributed by atoms with Crippen molar-refractivity contribution >= 4 is 5.97 Å². The maximum Gasteiger partial charge on any atom is 0.333 e. The van der Waals surface area contributed by atoms with Gasteiger partial charge >= 0.3 is 5.97 Å². The Labute approximate surface area is 173 Å². The fraction of sp³-hybridized carbons (Fsp3) is 0.577. The largest absolute Gasteiger partial charge is 0.466 e. The van der Waals surface area contributed by atoms with Gasteiger partial charge in [0.05, 0.1) is 7.11 Å². The zero-order valence-corrected chi connectivity index (χ0v) is 18.9. The van der Waals surface area contributed by atoms with Gasteiger partial charge in [0, 0.05) is 5.57 Å². The number of ether oxygens (including phenoxy) is 1. The summed E-state index contributed by atoms with van der Waals surface area (Å²) in [5.41, 5.74) is 6.47. The highest BCUT2D eigenvalue weighted by Gasteiger charge is 2.14. The minimum Gasteiger partial charge on any atom is -0.466 e. The standard InChI is InChI=1S/C26H40O2/c1-20(2)10-7-14-23(5)24-17-16-22(4)12-8-11-21(3)13-9-15-25(19-18-24)26(27)28-6/h10,12-14,19,24H,7-9,11,15-18H2,1-6H3/b21-13+,22-12+,23-14+,25-19+/t24-/m1/s1. The Hall–Kier alpha value is -1.83. The third-order valence-electron chi connectivity index (χ3n) is 5.53. The fourth-order valence-corrected chi connectivity index (χ4v) is 3.51. The summed E-state index contributed by atoms with van der Waals surface area (Å²) < 4.78 is 5.03. The van der Waals surface area contributed by atoms with Gasteiger partial charge in [-0.1, -0.05) is 52.7 Å². The second kappa shape index (κ2) is 13.4. The maximum absolute atomic E-state index is 12.2. The molecule has 0 fully saturated rings. The van der Waals surface area contributed by atoms with E-state index in [1.54, 1.807) is 0 Å². The summed E-state index contributed by atoms with van der Waals surface area (Å²) in [4.78, 5) is 12.2. The van der Waals surface area contributed by atoms with Crippen molar-refractivity contribution < 1.29 is 9.53 Å². The maximum atomic E-state index is 12.2. The highest BCUT2D eigenvalue weighted by atomic mass is 16.5. The first-order chi connectivity index (χ1) is 13.3. The van der Waals surface area contributed by atoms with Gasteiger partial charge in [0.15, 0.2) is 0 Å². The number of allylic oxidation sites excluding steroid dienone is 9. The van der Waals surface area contributed by atoms with Crippen molar-refractivity contribution in [2.75, 3.05) is 7.11 Å². The predicted octanol–water partition coefficient (Wildman–Crippen LogP) is 7.64. The van der Waals surface area contributed by atoms with Crippen LogP contribution < -0.4 is 0 Å². The van der Waals surface area contributed by atoms with Crippen LogP contribution in [0.4, 0.5) is 0 Å². The van der Waals surface area contributed by atoms with Crippen molar-refractivity contribution in [3.8, 4) is 0 Å². The Bertz CT molecular complexity index is 652. The summed E-state index contributed by atoms with van der Waals surface area (Å²) in [6.45, 7) is 11.0. The molecule has 0 aliphatic heterocycles. The lowest BCUT2D eigenvalue weighted by Crippen LogP contribution is -2.07. The molecule has 156 valence electrons. The molecule has 0 aromatic heterocycles. The molecule has 0 aromatic rings. The Morgan fingerprint density at radius 1 is 1.00 bits per heavy atom. The molecule has 1 atom stereocenters. The Balaban J connectivity index is 3.07. The van der Waals surface area contributed by atoms with Crippen LogP contribution in [0.15, 0.2) is 58.2 Å². The average Bonchev–Trinajstić information content (AvgIpc) is 2.64. The zero-order chi connectivity index (χ0) is 20.9. The van der Waals surface area contributed by atoms with E-state index >= 15 is 0 Å².